The van der Waals surface area contributed by atoms with Crippen molar-refractivity contribution >= 4 is 6.47 Å². The number of aryl methyl sites for hydroxylation is 1. The van der Waals surface area contributed by atoms with E-state index in [-0.39, 0.29) is 0 Å². The molecule has 2 aromatic rings. The van der Waals surface area contributed by atoms with E-state index < -0.39 is 17.8 Å². The van der Waals surface area contributed by atoms with Gasteiger partial charge in [-0.25, -0.2) is 0 Å². The molecule has 0 N–H and O–H groups in total. The van der Waals surface area contributed by atoms with Crippen molar-refractivity contribution in [3.05, 3.63) is 71.3 Å². The molecule has 0 aliphatic rings. The van der Waals surface area contributed by atoms with E-state index in [1.54, 1.807) is 0 Å². The molecule has 2 rings (SSSR count). The third-order valence-electron chi connectivity index (χ3n) is 3.35. The summed E-state index contributed by atoms with van der Waals surface area (Å²) in [5, 5.41) is 0. The standard InChI is InChI=1S/C19H15F3O2/c20-19(21,22)17-10-6-16(7-11-17)9-13-18(24-14-23)12-8-15-4-2-1-3-5-15/h1-7,10-11,14,18H,8,12H2. The lowest BCUT2D eigenvalue weighted by atomic mass is 10.1. The first-order valence-corrected chi connectivity index (χ1v) is 7.31. The smallest absolute Gasteiger partial charge is 0.416 e. The van der Waals surface area contributed by atoms with Gasteiger partial charge in [-0.15, -0.1) is 0 Å². The number of halogens is 3. The Morgan fingerprint density at radius 1 is 1.04 bits per heavy atom. The fourth-order valence-electron chi connectivity index (χ4n) is 2.09. The first-order chi connectivity index (χ1) is 11.5. The molecular formula is C19H15F3O2. The Morgan fingerprint density at radius 3 is 2.29 bits per heavy atom. The highest BCUT2D eigenvalue weighted by Crippen LogP contribution is 2.28. The van der Waals surface area contributed by atoms with Crippen molar-refractivity contribution in [2.75, 3.05) is 0 Å². The second-order valence-electron chi connectivity index (χ2n) is 5.09. The summed E-state index contributed by atoms with van der Waals surface area (Å²) in [4.78, 5) is 10.6. The van der Waals surface area contributed by atoms with Gasteiger partial charge in [-0.05, 0) is 42.7 Å². The molecule has 5 heteroatoms. The first-order valence-electron chi connectivity index (χ1n) is 7.31. The fraction of sp³-hybridized carbons (Fsp3) is 0.211. The second-order valence-corrected chi connectivity index (χ2v) is 5.09. The summed E-state index contributed by atoms with van der Waals surface area (Å²) in [7, 11) is 0. The maximum atomic E-state index is 12.5. The molecule has 1 atom stereocenters. The van der Waals surface area contributed by atoms with Gasteiger partial charge in [-0.3, -0.25) is 4.79 Å². The quantitative estimate of drug-likeness (QED) is 0.605. The van der Waals surface area contributed by atoms with E-state index >= 15 is 0 Å². The van der Waals surface area contributed by atoms with Gasteiger partial charge in [0.2, 0.25) is 0 Å². The van der Waals surface area contributed by atoms with Crippen LogP contribution in [0.3, 0.4) is 0 Å². The molecule has 2 aromatic carbocycles. The van der Waals surface area contributed by atoms with Crippen molar-refractivity contribution in [2.45, 2.75) is 25.1 Å². The number of carbonyl (C=O) groups is 1. The molecule has 124 valence electrons. The van der Waals surface area contributed by atoms with Crippen molar-refractivity contribution in [2.24, 2.45) is 0 Å². The maximum absolute atomic E-state index is 12.5. The molecular weight excluding hydrogens is 317 g/mol. The van der Waals surface area contributed by atoms with E-state index in [1.165, 1.54) is 12.1 Å². The van der Waals surface area contributed by atoms with E-state index in [0.29, 0.717) is 24.9 Å². The highest BCUT2D eigenvalue weighted by molar-refractivity contribution is 5.41. The molecule has 0 aliphatic heterocycles. The third-order valence-corrected chi connectivity index (χ3v) is 3.35. The lowest BCUT2D eigenvalue weighted by molar-refractivity contribution is -0.137. The SMILES string of the molecule is O=COC(C#Cc1ccc(C(F)(F)F)cc1)CCc1ccccc1. The highest BCUT2D eigenvalue weighted by Gasteiger charge is 2.29. The van der Waals surface area contributed by atoms with Crippen LogP contribution in [-0.2, 0) is 22.1 Å². The van der Waals surface area contributed by atoms with Gasteiger partial charge in [0.05, 0.1) is 5.56 Å². The highest BCUT2D eigenvalue weighted by atomic mass is 19.4. The maximum Gasteiger partial charge on any atom is 0.416 e. The van der Waals surface area contributed by atoms with Crippen LogP contribution in [0, 0.1) is 11.8 Å². The summed E-state index contributed by atoms with van der Waals surface area (Å²) in [6.07, 6.45) is -3.78. The molecule has 2 nitrogen and oxygen atoms in total. The fourth-order valence-corrected chi connectivity index (χ4v) is 2.09. The number of carbonyl (C=O) groups excluding carboxylic acids is 1. The van der Waals surface area contributed by atoms with Gasteiger partial charge in [0.25, 0.3) is 6.47 Å². The molecule has 0 spiro atoms. The molecule has 0 bridgehead atoms. The van der Waals surface area contributed by atoms with Gasteiger partial charge in [-0.2, -0.15) is 13.2 Å². The Hall–Kier alpha value is -2.74. The third kappa shape index (κ3) is 5.47. The van der Waals surface area contributed by atoms with Crippen molar-refractivity contribution in [3.63, 3.8) is 0 Å². The predicted molar refractivity (Wildman–Crippen MR) is 84.0 cm³/mol. The molecule has 0 radical (unpaired) electrons. The van der Waals surface area contributed by atoms with Crippen LogP contribution in [0.4, 0.5) is 13.2 Å². The zero-order valence-corrected chi connectivity index (χ0v) is 12.7. The predicted octanol–water partition coefficient (Wildman–Crippen LogP) is 4.23. The van der Waals surface area contributed by atoms with E-state index in [2.05, 4.69) is 11.8 Å². The van der Waals surface area contributed by atoms with E-state index in [4.69, 9.17) is 4.74 Å². The van der Waals surface area contributed by atoms with Gasteiger partial charge >= 0.3 is 6.18 Å². The van der Waals surface area contributed by atoms with Crippen molar-refractivity contribution in [1.29, 1.82) is 0 Å². The number of ether oxygens (including phenoxy) is 1. The number of hydrogen-bond donors (Lipinski definition) is 0. The first kappa shape index (κ1) is 17.6. The zero-order chi connectivity index (χ0) is 17.4. The summed E-state index contributed by atoms with van der Waals surface area (Å²) in [6.45, 7) is 0.330. The minimum atomic E-state index is -4.37. The minimum absolute atomic E-state index is 0.330. The van der Waals surface area contributed by atoms with Crippen LogP contribution in [0.2, 0.25) is 0 Å². The van der Waals surface area contributed by atoms with Crippen LogP contribution in [0.25, 0.3) is 0 Å². The number of alkyl halides is 3. The topological polar surface area (TPSA) is 26.3 Å². The summed E-state index contributed by atoms with van der Waals surface area (Å²) in [5.74, 6) is 5.52. The molecule has 0 amide bonds. The summed E-state index contributed by atoms with van der Waals surface area (Å²) in [5.41, 5.74) is 0.799. The number of benzene rings is 2. The Kier molecular flexibility index (Phi) is 6.02. The summed E-state index contributed by atoms with van der Waals surface area (Å²) < 4.78 is 42.4. The molecule has 1 unspecified atom stereocenters. The Balaban J connectivity index is 2.02. The van der Waals surface area contributed by atoms with Gasteiger partial charge in [0.1, 0.15) is 0 Å². The molecule has 0 heterocycles. The summed E-state index contributed by atoms with van der Waals surface area (Å²) in [6, 6.07) is 14.2. The molecule has 0 saturated heterocycles. The van der Waals surface area contributed by atoms with Crippen LogP contribution in [0.5, 0.6) is 0 Å². The Morgan fingerprint density at radius 2 is 1.71 bits per heavy atom. The van der Waals surface area contributed by atoms with Crippen molar-refractivity contribution in [1.82, 2.24) is 0 Å². The van der Waals surface area contributed by atoms with Gasteiger partial charge in [0.15, 0.2) is 6.10 Å². The van der Waals surface area contributed by atoms with E-state index in [9.17, 15) is 18.0 Å². The average molecular weight is 332 g/mol. The van der Waals surface area contributed by atoms with Gasteiger partial charge < -0.3 is 4.74 Å². The van der Waals surface area contributed by atoms with Crippen molar-refractivity contribution < 1.29 is 22.7 Å². The number of rotatable bonds is 5. The summed E-state index contributed by atoms with van der Waals surface area (Å²) >= 11 is 0. The van der Waals surface area contributed by atoms with Crippen LogP contribution in [-0.4, -0.2) is 12.6 Å². The monoisotopic (exact) mass is 332 g/mol. The molecule has 0 saturated carbocycles. The average Bonchev–Trinajstić information content (AvgIpc) is 2.58. The second kappa shape index (κ2) is 8.21. The molecule has 0 aromatic heterocycles. The lowest BCUT2D eigenvalue weighted by Gasteiger charge is -2.08. The van der Waals surface area contributed by atoms with Crippen LogP contribution >= 0.6 is 0 Å². The van der Waals surface area contributed by atoms with Gasteiger partial charge in [-0.1, -0.05) is 42.2 Å². The number of hydrogen-bond acceptors (Lipinski definition) is 2. The zero-order valence-electron chi connectivity index (χ0n) is 12.7. The van der Waals surface area contributed by atoms with Crippen LogP contribution in [0.15, 0.2) is 54.6 Å². The van der Waals surface area contributed by atoms with E-state index in [0.717, 1.165) is 17.7 Å². The van der Waals surface area contributed by atoms with E-state index in [1.807, 2.05) is 30.3 Å². The van der Waals surface area contributed by atoms with Crippen molar-refractivity contribution in [3.8, 4) is 11.8 Å². The normalized spacial score (nSPS) is 12.0. The largest absolute Gasteiger partial charge is 0.451 e. The van der Waals surface area contributed by atoms with Crippen LogP contribution < -0.4 is 0 Å². The molecule has 0 fully saturated rings. The molecule has 0 aliphatic carbocycles. The Bertz CT molecular complexity index is 710. The van der Waals surface area contributed by atoms with Gasteiger partial charge in [0, 0.05) is 5.56 Å². The Labute approximate surface area is 138 Å². The lowest BCUT2D eigenvalue weighted by Crippen LogP contribution is -2.10. The molecule has 24 heavy (non-hydrogen) atoms. The minimum Gasteiger partial charge on any atom is -0.451 e. The van der Waals surface area contributed by atoms with Crippen LogP contribution in [0.1, 0.15) is 23.1 Å².